The highest BCUT2D eigenvalue weighted by atomic mass is 31.2. The second-order valence-corrected chi connectivity index (χ2v) is 31.0. The van der Waals surface area contributed by atoms with E-state index in [9.17, 15) is 43.2 Å². The summed E-state index contributed by atoms with van der Waals surface area (Å²) in [7, 11) is -9.91. The molecule has 0 aliphatic rings. The first kappa shape index (κ1) is 91.1. The number of rotatable bonds is 71. The third-order valence-corrected chi connectivity index (χ3v) is 19.7. The van der Waals surface area contributed by atoms with Gasteiger partial charge in [0.05, 0.1) is 26.4 Å². The molecule has 0 heterocycles. The van der Waals surface area contributed by atoms with Gasteiger partial charge >= 0.3 is 39.5 Å². The van der Waals surface area contributed by atoms with Gasteiger partial charge in [0.25, 0.3) is 0 Å². The van der Waals surface area contributed by atoms with Gasteiger partial charge < -0.3 is 33.8 Å². The van der Waals surface area contributed by atoms with Gasteiger partial charge in [-0.2, -0.15) is 0 Å². The molecule has 0 aromatic carbocycles. The summed E-state index contributed by atoms with van der Waals surface area (Å²) in [4.78, 5) is 72.6. The van der Waals surface area contributed by atoms with E-state index in [2.05, 4.69) is 55.4 Å². The van der Waals surface area contributed by atoms with Crippen molar-refractivity contribution in [1.82, 2.24) is 0 Å². The van der Waals surface area contributed by atoms with E-state index >= 15 is 0 Å². The van der Waals surface area contributed by atoms with E-state index in [1.54, 1.807) is 0 Å². The van der Waals surface area contributed by atoms with Gasteiger partial charge in [0.2, 0.25) is 0 Å². The molecule has 3 N–H and O–H groups in total. The summed E-state index contributed by atoms with van der Waals surface area (Å²) < 4.78 is 68.3. The van der Waals surface area contributed by atoms with Crippen LogP contribution in [0.3, 0.4) is 0 Å². The lowest BCUT2D eigenvalue weighted by atomic mass is 9.99. The number of phosphoric ester groups is 2. The maximum Gasteiger partial charge on any atom is 0.472 e. The Morgan fingerprint density at radius 1 is 0.301 bits per heavy atom. The molecule has 17 nitrogen and oxygen atoms in total. The van der Waals surface area contributed by atoms with Crippen LogP contribution in [-0.2, 0) is 65.4 Å². The van der Waals surface area contributed by atoms with Crippen molar-refractivity contribution < 1.29 is 80.2 Å². The fraction of sp³-hybridized carbons (Fsp3) is 0.946. The normalized spacial score (nSPS) is 14.8. The molecular formula is C74H144O17P2. The van der Waals surface area contributed by atoms with Crippen LogP contribution in [0.2, 0.25) is 0 Å². The Morgan fingerprint density at radius 2 is 0.516 bits per heavy atom. The average molecular weight is 1370 g/mol. The van der Waals surface area contributed by atoms with Gasteiger partial charge in [0, 0.05) is 25.7 Å². The lowest BCUT2D eigenvalue weighted by Crippen LogP contribution is -2.30. The number of phosphoric acid groups is 2. The van der Waals surface area contributed by atoms with Crippen molar-refractivity contribution in [2.75, 3.05) is 39.6 Å². The third-order valence-electron chi connectivity index (χ3n) is 17.8. The maximum atomic E-state index is 13.0. The fourth-order valence-corrected chi connectivity index (χ4v) is 12.7. The largest absolute Gasteiger partial charge is 0.472 e. The Balaban J connectivity index is 5.14. The van der Waals surface area contributed by atoms with E-state index in [1.807, 2.05) is 0 Å². The molecule has 0 saturated heterocycles. The number of aliphatic hydroxyl groups is 1. The van der Waals surface area contributed by atoms with Crippen molar-refractivity contribution in [3.63, 3.8) is 0 Å². The highest BCUT2D eigenvalue weighted by Crippen LogP contribution is 2.45. The fourth-order valence-electron chi connectivity index (χ4n) is 11.1. The van der Waals surface area contributed by atoms with Crippen LogP contribution in [0, 0.1) is 23.7 Å². The summed E-state index contributed by atoms with van der Waals surface area (Å²) in [5, 5.41) is 10.6. The smallest absolute Gasteiger partial charge is 0.462 e. The predicted molar refractivity (Wildman–Crippen MR) is 377 cm³/mol. The zero-order chi connectivity index (χ0) is 68.9. The SMILES string of the molecule is CCC(C)CCCCCCCCCCCCCCCCCCCCC(=O)O[C@H](COC(=O)CCCCCCCCC(C)C)COP(=O)(O)OC[C@H](O)COP(=O)(O)OC[C@@H](COC(=O)CCCCCCCCC(C)CC)OC(=O)CCCCCCCCCCCC(C)C. The van der Waals surface area contributed by atoms with Crippen molar-refractivity contribution in [2.24, 2.45) is 23.7 Å². The first-order chi connectivity index (χ1) is 44.7. The second-order valence-electron chi connectivity index (χ2n) is 28.1. The number of aliphatic hydroxyl groups excluding tert-OH is 1. The molecule has 93 heavy (non-hydrogen) atoms. The van der Waals surface area contributed by atoms with Gasteiger partial charge in [0.1, 0.15) is 19.3 Å². The van der Waals surface area contributed by atoms with E-state index in [4.69, 9.17) is 37.0 Å². The minimum Gasteiger partial charge on any atom is -0.462 e. The van der Waals surface area contributed by atoms with Crippen molar-refractivity contribution in [1.29, 1.82) is 0 Å². The molecule has 7 atom stereocenters. The van der Waals surface area contributed by atoms with E-state index in [1.165, 1.54) is 161 Å². The van der Waals surface area contributed by atoms with Crippen LogP contribution in [0.4, 0.5) is 0 Å². The Hall–Kier alpha value is -1.94. The zero-order valence-electron chi connectivity index (χ0n) is 60.9. The van der Waals surface area contributed by atoms with E-state index < -0.39 is 97.5 Å². The van der Waals surface area contributed by atoms with Crippen LogP contribution in [0.25, 0.3) is 0 Å². The quantitative estimate of drug-likeness (QED) is 0.0222. The number of hydrogen-bond acceptors (Lipinski definition) is 15. The van der Waals surface area contributed by atoms with Crippen LogP contribution in [0.5, 0.6) is 0 Å². The maximum absolute atomic E-state index is 13.0. The van der Waals surface area contributed by atoms with Crippen LogP contribution < -0.4 is 0 Å². The molecule has 0 bridgehead atoms. The molecule has 0 aliphatic carbocycles. The highest BCUT2D eigenvalue weighted by molar-refractivity contribution is 7.47. The topological polar surface area (TPSA) is 237 Å². The molecule has 0 rings (SSSR count). The molecule has 552 valence electrons. The minimum atomic E-state index is -4.95. The Bertz CT molecular complexity index is 1840. The van der Waals surface area contributed by atoms with Gasteiger partial charge in [-0.1, -0.05) is 319 Å². The van der Waals surface area contributed by atoms with Gasteiger partial charge in [-0.3, -0.25) is 37.3 Å². The van der Waals surface area contributed by atoms with Crippen molar-refractivity contribution >= 4 is 39.5 Å². The number of ether oxygens (including phenoxy) is 4. The highest BCUT2D eigenvalue weighted by Gasteiger charge is 2.30. The molecule has 0 aromatic heterocycles. The van der Waals surface area contributed by atoms with Crippen molar-refractivity contribution in [3.05, 3.63) is 0 Å². The molecule has 0 amide bonds. The standard InChI is InChI=1S/C74H144O17P2/c1-9-66(7)52-44-36-27-23-19-17-15-13-11-12-14-16-18-20-24-28-40-48-56-73(78)90-69(60-84-71(76)54-46-38-32-30-35-43-51-65(5)6)62-88-92(80,81)86-58-68(75)59-87-93(82,83)89-63-70(61-85-72(77)55-47-39-33-31-37-45-53-67(8)10-2)91-74(79)57-49-41-29-25-21-22-26-34-42-50-64(3)4/h64-70,75H,9-63H2,1-8H3,(H,80,81)(H,82,83)/t66?,67?,68-,69+,70+/m0/s1. The summed E-state index contributed by atoms with van der Waals surface area (Å²) in [6, 6.07) is 0. The summed E-state index contributed by atoms with van der Waals surface area (Å²) in [6.45, 7) is 14.1. The minimum absolute atomic E-state index is 0.104. The molecular weight excluding hydrogens is 1220 g/mol. The lowest BCUT2D eigenvalue weighted by molar-refractivity contribution is -0.161. The summed E-state index contributed by atoms with van der Waals surface area (Å²) in [5.74, 6) is 0.889. The lowest BCUT2D eigenvalue weighted by Gasteiger charge is -2.21. The van der Waals surface area contributed by atoms with Crippen molar-refractivity contribution in [2.45, 2.75) is 388 Å². The van der Waals surface area contributed by atoms with Crippen LogP contribution in [0.15, 0.2) is 0 Å². The first-order valence-electron chi connectivity index (χ1n) is 38.3. The zero-order valence-corrected chi connectivity index (χ0v) is 62.7. The van der Waals surface area contributed by atoms with Crippen molar-refractivity contribution in [3.8, 4) is 0 Å². The average Bonchev–Trinajstić information content (AvgIpc) is 2.31. The number of unbranched alkanes of at least 4 members (excludes halogenated alkanes) is 35. The number of carbonyl (C=O) groups excluding carboxylic acids is 4. The van der Waals surface area contributed by atoms with Gasteiger partial charge in [-0.05, 0) is 49.4 Å². The summed E-state index contributed by atoms with van der Waals surface area (Å²) >= 11 is 0. The molecule has 0 aliphatic heterocycles. The molecule has 0 spiro atoms. The van der Waals surface area contributed by atoms with E-state index in [0.29, 0.717) is 31.6 Å². The molecule has 0 radical (unpaired) electrons. The first-order valence-corrected chi connectivity index (χ1v) is 41.3. The van der Waals surface area contributed by atoms with Gasteiger partial charge in [-0.25, -0.2) is 9.13 Å². The number of carbonyl (C=O) groups is 4. The Morgan fingerprint density at radius 3 is 0.763 bits per heavy atom. The van der Waals surface area contributed by atoms with Gasteiger partial charge in [0.15, 0.2) is 12.2 Å². The number of hydrogen-bond donors (Lipinski definition) is 3. The van der Waals surface area contributed by atoms with Crippen LogP contribution >= 0.6 is 15.6 Å². The molecule has 0 fully saturated rings. The summed E-state index contributed by atoms with van der Waals surface area (Å²) in [6.07, 6.45) is 47.5. The molecule has 0 saturated carbocycles. The molecule has 19 heteroatoms. The monoisotopic (exact) mass is 1370 g/mol. The van der Waals surface area contributed by atoms with Crippen LogP contribution in [-0.4, -0.2) is 96.7 Å². The van der Waals surface area contributed by atoms with Gasteiger partial charge in [-0.15, -0.1) is 0 Å². The van der Waals surface area contributed by atoms with E-state index in [0.717, 1.165) is 120 Å². The van der Waals surface area contributed by atoms with Crippen LogP contribution in [0.1, 0.15) is 370 Å². The third kappa shape index (κ3) is 65.8. The van der Waals surface area contributed by atoms with E-state index in [-0.39, 0.29) is 25.7 Å². The predicted octanol–water partition coefficient (Wildman–Crippen LogP) is 21.3. The number of esters is 4. The Kier molecular flexibility index (Phi) is 62.2. The Labute approximate surface area is 568 Å². The molecule has 0 aromatic rings. The summed E-state index contributed by atoms with van der Waals surface area (Å²) in [5.41, 5.74) is 0. The second kappa shape index (κ2) is 63.5. The molecule has 4 unspecified atom stereocenters.